The molecule has 0 aromatic carbocycles. The summed E-state index contributed by atoms with van der Waals surface area (Å²) >= 11 is 0. The second kappa shape index (κ2) is 9.85. The first-order chi connectivity index (χ1) is 13.6. The van der Waals surface area contributed by atoms with E-state index in [2.05, 4.69) is 4.74 Å². The summed E-state index contributed by atoms with van der Waals surface area (Å²) in [6.45, 7) is 6.30. The van der Waals surface area contributed by atoms with Crippen LogP contribution in [0.2, 0.25) is 0 Å². The van der Waals surface area contributed by atoms with E-state index in [1.54, 1.807) is 13.8 Å². The van der Waals surface area contributed by atoms with E-state index in [-0.39, 0.29) is 11.3 Å². The summed E-state index contributed by atoms with van der Waals surface area (Å²) in [6, 6.07) is 0. The van der Waals surface area contributed by atoms with Crippen LogP contribution < -0.4 is 0 Å². The summed E-state index contributed by atoms with van der Waals surface area (Å²) in [6.07, 6.45) is -8.86. The second-order valence-electron chi connectivity index (χ2n) is 8.54. The summed E-state index contributed by atoms with van der Waals surface area (Å²) < 4.78 is 123. The van der Waals surface area contributed by atoms with E-state index in [0.29, 0.717) is 6.42 Å². The van der Waals surface area contributed by atoms with Gasteiger partial charge in [0.05, 0.1) is 18.9 Å². The molecule has 0 bridgehead atoms. The average molecular weight is 476 g/mol. The maximum absolute atomic E-state index is 13.3. The van der Waals surface area contributed by atoms with Crippen LogP contribution in [0.3, 0.4) is 0 Å². The molecule has 0 amide bonds. The monoisotopic (exact) mass is 476 g/mol. The molecule has 0 radical (unpaired) electrons. The van der Waals surface area contributed by atoms with Gasteiger partial charge in [-0.25, -0.2) is 4.79 Å². The van der Waals surface area contributed by atoms with Gasteiger partial charge in [0, 0.05) is 0 Å². The van der Waals surface area contributed by atoms with Crippen molar-refractivity contribution in [3.63, 3.8) is 0 Å². The van der Waals surface area contributed by atoms with E-state index in [1.807, 2.05) is 20.8 Å². The van der Waals surface area contributed by atoms with Gasteiger partial charge in [0.15, 0.2) is 6.61 Å². The first-order valence-electron chi connectivity index (χ1n) is 9.09. The van der Waals surface area contributed by atoms with Gasteiger partial charge in [0.2, 0.25) is 0 Å². The number of hydrogen-bond acceptors (Lipinski definition) is 4. The number of esters is 2. The zero-order chi connectivity index (χ0) is 25.1. The molecule has 31 heavy (non-hydrogen) atoms. The zero-order valence-corrected chi connectivity index (χ0v) is 17.5. The molecule has 0 aliphatic heterocycles. The van der Waals surface area contributed by atoms with E-state index in [1.165, 1.54) is 0 Å². The standard InChI is InChI=1S/C18H25F9O4/c1-10(2)11(8-14(3,4)5)13(29)31-9-12(28)30-7-6-15(19,20)16(21,22)17(23,24)18(25,26)27/h10-11H,6-9H2,1-5H3. The maximum Gasteiger partial charge on any atom is 0.460 e. The molecule has 0 aliphatic rings. The summed E-state index contributed by atoms with van der Waals surface area (Å²) in [7, 11) is 0. The van der Waals surface area contributed by atoms with Gasteiger partial charge in [-0.05, 0) is 17.8 Å². The van der Waals surface area contributed by atoms with Gasteiger partial charge in [0.1, 0.15) is 0 Å². The summed E-state index contributed by atoms with van der Waals surface area (Å²) in [5.41, 5.74) is -0.274. The number of ether oxygens (including phenoxy) is 2. The Morgan fingerprint density at radius 2 is 1.29 bits per heavy atom. The zero-order valence-electron chi connectivity index (χ0n) is 17.5. The van der Waals surface area contributed by atoms with Crippen LogP contribution in [-0.2, 0) is 19.1 Å². The van der Waals surface area contributed by atoms with Gasteiger partial charge in [0.25, 0.3) is 0 Å². The van der Waals surface area contributed by atoms with E-state index >= 15 is 0 Å². The predicted octanol–water partition coefficient (Wildman–Crippen LogP) is 5.64. The van der Waals surface area contributed by atoms with Crippen LogP contribution in [0.15, 0.2) is 0 Å². The Kier molecular flexibility index (Phi) is 9.31. The minimum Gasteiger partial charge on any atom is -0.463 e. The van der Waals surface area contributed by atoms with Crippen LogP contribution in [0.4, 0.5) is 39.5 Å². The topological polar surface area (TPSA) is 52.6 Å². The van der Waals surface area contributed by atoms with Crippen molar-refractivity contribution in [3.05, 3.63) is 0 Å². The van der Waals surface area contributed by atoms with Crippen molar-refractivity contribution in [1.82, 2.24) is 0 Å². The fourth-order valence-corrected chi connectivity index (χ4v) is 2.39. The first-order valence-corrected chi connectivity index (χ1v) is 9.09. The highest BCUT2D eigenvalue weighted by atomic mass is 19.4. The lowest BCUT2D eigenvalue weighted by atomic mass is 9.80. The quantitative estimate of drug-likeness (QED) is 0.303. The van der Waals surface area contributed by atoms with E-state index in [0.717, 1.165) is 0 Å². The molecule has 184 valence electrons. The number of rotatable bonds is 10. The average Bonchev–Trinajstić information content (AvgIpc) is 2.55. The van der Waals surface area contributed by atoms with E-state index in [4.69, 9.17) is 4.74 Å². The Balaban J connectivity index is 4.83. The number of carbonyl (C=O) groups excluding carboxylic acids is 2. The third-order valence-corrected chi connectivity index (χ3v) is 4.16. The number of carbonyl (C=O) groups is 2. The Morgan fingerprint density at radius 3 is 1.68 bits per heavy atom. The molecule has 0 saturated carbocycles. The van der Waals surface area contributed by atoms with Crippen molar-refractivity contribution in [2.24, 2.45) is 17.3 Å². The normalized spacial score (nSPS) is 15.1. The van der Waals surface area contributed by atoms with Crippen molar-refractivity contribution < 1.29 is 58.6 Å². The number of alkyl halides is 9. The fraction of sp³-hybridized carbons (Fsp3) is 0.889. The van der Waals surface area contributed by atoms with Gasteiger partial charge in [-0.3, -0.25) is 4.79 Å². The highest BCUT2D eigenvalue weighted by molar-refractivity contribution is 5.78. The minimum atomic E-state index is -7.01. The highest BCUT2D eigenvalue weighted by Crippen LogP contribution is 2.53. The molecule has 1 unspecified atom stereocenters. The smallest absolute Gasteiger partial charge is 0.460 e. The molecule has 4 nitrogen and oxygen atoms in total. The molecule has 0 N–H and O–H groups in total. The molecular formula is C18H25F9O4. The van der Waals surface area contributed by atoms with Gasteiger partial charge in [-0.1, -0.05) is 34.6 Å². The largest absolute Gasteiger partial charge is 0.463 e. The minimum absolute atomic E-state index is 0.182. The SMILES string of the molecule is CC(C)C(CC(C)(C)C)C(=O)OCC(=O)OCCC(F)(F)C(F)(F)C(F)(F)C(F)(F)F. The molecule has 1 atom stereocenters. The van der Waals surface area contributed by atoms with Crippen LogP contribution in [-0.4, -0.2) is 49.1 Å². The molecule has 0 saturated heterocycles. The highest BCUT2D eigenvalue weighted by Gasteiger charge is 2.81. The van der Waals surface area contributed by atoms with Crippen molar-refractivity contribution in [3.8, 4) is 0 Å². The van der Waals surface area contributed by atoms with Gasteiger partial charge in [-0.2, -0.15) is 39.5 Å². The molecule has 0 spiro atoms. The summed E-state index contributed by atoms with van der Waals surface area (Å²) in [4.78, 5) is 23.6. The van der Waals surface area contributed by atoms with Crippen LogP contribution in [0.1, 0.15) is 47.5 Å². The lowest BCUT2D eigenvalue weighted by Gasteiger charge is -2.33. The lowest BCUT2D eigenvalue weighted by Crippen LogP contribution is -2.61. The molecular weight excluding hydrogens is 451 g/mol. The van der Waals surface area contributed by atoms with Crippen LogP contribution in [0.25, 0.3) is 0 Å². The van der Waals surface area contributed by atoms with E-state index in [9.17, 15) is 49.1 Å². The van der Waals surface area contributed by atoms with Crippen LogP contribution in [0.5, 0.6) is 0 Å². The van der Waals surface area contributed by atoms with Gasteiger partial charge >= 0.3 is 35.9 Å². The third-order valence-electron chi connectivity index (χ3n) is 4.16. The van der Waals surface area contributed by atoms with Gasteiger partial charge in [-0.15, -0.1) is 0 Å². The Bertz CT molecular complexity index is 623. The van der Waals surface area contributed by atoms with Gasteiger partial charge < -0.3 is 9.47 Å². The number of halogens is 9. The van der Waals surface area contributed by atoms with Crippen molar-refractivity contribution >= 4 is 11.9 Å². The fourth-order valence-electron chi connectivity index (χ4n) is 2.39. The summed E-state index contributed by atoms with van der Waals surface area (Å²) in [5.74, 6) is -22.7. The first kappa shape index (κ1) is 29.3. The van der Waals surface area contributed by atoms with Crippen molar-refractivity contribution in [2.45, 2.75) is 71.4 Å². The Labute approximate surface area is 173 Å². The predicted molar refractivity (Wildman–Crippen MR) is 89.8 cm³/mol. The van der Waals surface area contributed by atoms with Crippen molar-refractivity contribution in [1.29, 1.82) is 0 Å². The molecule has 0 rings (SSSR count). The lowest BCUT2D eigenvalue weighted by molar-refractivity contribution is -0.397. The van der Waals surface area contributed by atoms with E-state index < -0.39 is 61.4 Å². The molecule has 0 heterocycles. The van der Waals surface area contributed by atoms with Crippen LogP contribution in [0, 0.1) is 17.3 Å². The third kappa shape index (κ3) is 7.74. The maximum atomic E-state index is 13.3. The molecule has 13 heteroatoms. The molecule has 0 fully saturated rings. The molecule has 0 aromatic rings. The number of hydrogen-bond donors (Lipinski definition) is 0. The van der Waals surface area contributed by atoms with Crippen molar-refractivity contribution in [2.75, 3.05) is 13.2 Å². The second-order valence-corrected chi connectivity index (χ2v) is 8.54. The van der Waals surface area contributed by atoms with Crippen LogP contribution >= 0.6 is 0 Å². The molecule has 0 aromatic heterocycles. The Morgan fingerprint density at radius 1 is 0.806 bits per heavy atom. The summed E-state index contributed by atoms with van der Waals surface area (Å²) in [5, 5.41) is 0. The molecule has 0 aliphatic carbocycles. The Hall–Kier alpha value is -1.69.